The fourth-order valence-electron chi connectivity index (χ4n) is 0.241. The summed E-state index contributed by atoms with van der Waals surface area (Å²) in [7, 11) is 0. The first-order chi connectivity index (χ1) is 2.77. The Hall–Kier alpha value is 0.920. The van der Waals surface area contributed by atoms with Crippen molar-refractivity contribution in [2.24, 2.45) is 0 Å². The van der Waals surface area contributed by atoms with Crippen LogP contribution in [0.4, 0.5) is 0 Å². The van der Waals surface area contributed by atoms with Gasteiger partial charge in [0.15, 0.2) is 6.29 Å². The Labute approximate surface area is 66.2 Å². The maximum Gasteiger partial charge on any atom is 0.151 e. The quantitative estimate of drug-likeness (QED) is 0.403. The summed E-state index contributed by atoms with van der Waals surface area (Å²) in [6, 6.07) is 0. The standard InChI is InChI=1S/C4H10O2.Na/c1-3-6-4(2)5;/h4-5H,3H2,1-2H3;. The summed E-state index contributed by atoms with van der Waals surface area (Å²) in [4.78, 5) is 0. The first-order valence-electron chi connectivity index (χ1n) is 2.07. The van der Waals surface area contributed by atoms with E-state index in [1.807, 2.05) is 6.92 Å². The van der Waals surface area contributed by atoms with E-state index in [1.54, 1.807) is 6.92 Å². The second-order valence-electron chi connectivity index (χ2n) is 1.05. The Kier molecular flexibility index (Phi) is 10.7. The van der Waals surface area contributed by atoms with Crippen LogP contribution in [0.5, 0.6) is 0 Å². The molecule has 0 amide bonds. The normalized spacial score (nSPS) is 12.4. The van der Waals surface area contributed by atoms with Gasteiger partial charge in [-0.2, -0.15) is 0 Å². The van der Waals surface area contributed by atoms with Crippen molar-refractivity contribution in [3.8, 4) is 0 Å². The molecule has 0 spiro atoms. The van der Waals surface area contributed by atoms with Crippen LogP contribution >= 0.6 is 0 Å². The smallest absolute Gasteiger partial charge is 0.151 e. The monoisotopic (exact) mass is 113 g/mol. The van der Waals surface area contributed by atoms with Crippen LogP contribution < -0.4 is 0 Å². The molecule has 0 aromatic rings. The van der Waals surface area contributed by atoms with Gasteiger partial charge in [-0.3, -0.25) is 0 Å². The fourth-order valence-corrected chi connectivity index (χ4v) is 0.241. The van der Waals surface area contributed by atoms with Crippen LogP contribution in [0.2, 0.25) is 0 Å². The van der Waals surface area contributed by atoms with Crippen LogP contribution in [-0.2, 0) is 4.74 Å². The minimum absolute atomic E-state index is 0. The molecular weight excluding hydrogens is 103 g/mol. The molecule has 0 aliphatic heterocycles. The molecule has 7 heavy (non-hydrogen) atoms. The largest absolute Gasteiger partial charge is 0.368 e. The molecule has 0 bridgehead atoms. The van der Waals surface area contributed by atoms with E-state index in [1.165, 1.54) is 0 Å². The molecule has 0 aliphatic carbocycles. The maximum atomic E-state index is 8.33. The van der Waals surface area contributed by atoms with Gasteiger partial charge >= 0.3 is 0 Å². The number of rotatable bonds is 2. The molecule has 1 unspecified atom stereocenters. The van der Waals surface area contributed by atoms with Gasteiger partial charge in [-0.1, -0.05) is 0 Å². The van der Waals surface area contributed by atoms with E-state index in [0.717, 1.165) is 0 Å². The Morgan fingerprint density at radius 3 is 2.14 bits per heavy atom. The summed E-state index contributed by atoms with van der Waals surface area (Å²) >= 11 is 0. The summed E-state index contributed by atoms with van der Waals surface area (Å²) < 4.78 is 4.60. The maximum absolute atomic E-state index is 8.33. The van der Waals surface area contributed by atoms with Crippen LogP contribution in [0.15, 0.2) is 0 Å². The first-order valence-corrected chi connectivity index (χ1v) is 2.07. The number of hydrogen-bond donors (Lipinski definition) is 1. The average Bonchev–Trinajstić information content (AvgIpc) is 1.35. The van der Waals surface area contributed by atoms with Crippen molar-refractivity contribution in [1.29, 1.82) is 0 Å². The predicted molar refractivity (Wildman–Crippen MR) is 29.1 cm³/mol. The zero-order chi connectivity index (χ0) is 4.99. The Balaban J connectivity index is 0. The zero-order valence-corrected chi connectivity index (χ0v) is 7.14. The third-order valence-corrected chi connectivity index (χ3v) is 0.408. The summed E-state index contributed by atoms with van der Waals surface area (Å²) in [5.41, 5.74) is 0. The van der Waals surface area contributed by atoms with Gasteiger partial charge in [0.05, 0.1) is 0 Å². The van der Waals surface area contributed by atoms with Crippen LogP contribution in [0.1, 0.15) is 13.8 Å². The van der Waals surface area contributed by atoms with E-state index < -0.39 is 6.29 Å². The summed E-state index contributed by atoms with van der Waals surface area (Å²) in [5, 5.41) is 8.33. The van der Waals surface area contributed by atoms with Crippen molar-refractivity contribution in [2.75, 3.05) is 6.61 Å². The van der Waals surface area contributed by atoms with Gasteiger partial charge in [-0.05, 0) is 13.8 Å². The van der Waals surface area contributed by atoms with E-state index >= 15 is 0 Å². The molecule has 0 saturated carbocycles. The topological polar surface area (TPSA) is 29.5 Å². The predicted octanol–water partition coefficient (Wildman–Crippen LogP) is -0.0196. The minimum Gasteiger partial charge on any atom is -0.368 e. The third kappa shape index (κ3) is 10.9. The van der Waals surface area contributed by atoms with Crippen molar-refractivity contribution in [3.05, 3.63) is 0 Å². The number of aliphatic hydroxyl groups excluding tert-OH is 1. The molecule has 0 aliphatic rings. The van der Waals surface area contributed by atoms with E-state index in [9.17, 15) is 0 Å². The van der Waals surface area contributed by atoms with Gasteiger partial charge in [0.25, 0.3) is 0 Å². The minimum atomic E-state index is -0.602. The molecule has 1 N–H and O–H groups in total. The van der Waals surface area contributed by atoms with Crippen LogP contribution in [0.25, 0.3) is 0 Å². The van der Waals surface area contributed by atoms with Gasteiger partial charge in [-0.25, -0.2) is 0 Å². The van der Waals surface area contributed by atoms with Crippen molar-refractivity contribution < 1.29 is 9.84 Å². The third-order valence-electron chi connectivity index (χ3n) is 0.408. The molecule has 0 saturated heterocycles. The van der Waals surface area contributed by atoms with E-state index in [2.05, 4.69) is 4.74 Å². The second-order valence-corrected chi connectivity index (χ2v) is 1.05. The summed E-state index contributed by atoms with van der Waals surface area (Å²) in [6.45, 7) is 4.01. The van der Waals surface area contributed by atoms with Gasteiger partial charge < -0.3 is 9.84 Å². The van der Waals surface area contributed by atoms with Gasteiger partial charge in [0, 0.05) is 36.2 Å². The summed E-state index contributed by atoms with van der Waals surface area (Å²) in [5.74, 6) is 0. The fraction of sp³-hybridized carbons (Fsp3) is 1.00. The van der Waals surface area contributed by atoms with Gasteiger partial charge in [0.2, 0.25) is 0 Å². The Bertz CT molecular complexity index is 30.9. The van der Waals surface area contributed by atoms with E-state index in [4.69, 9.17) is 5.11 Å². The first kappa shape index (κ1) is 10.8. The molecule has 39 valence electrons. The molecule has 1 atom stereocenters. The Morgan fingerprint density at radius 2 is 2.14 bits per heavy atom. The van der Waals surface area contributed by atoms with E-state index in [0.29, 0.717) is 6.61 Å². The molecule has 0 aromatic heterocycles. The SMILES string of the molecule is CCOC(C)O.[Na]. The zero-order valence-electron chi connectivity index (χ0n) is 5.14. The van der Waals surface area contributed by atoms with Crippen molar-refractivity contribution in [1.82, 2.24) is 0 Å². The van der Waals surface area contributed by atoms with Crippen LogP contribution in [0, 0.1) is 0 Å². The van der Waals surface area contributed by atoms with Crippen LogP contribution in [0.3, 0.4) is 0 Å². The van der Waals surface area contributed by atoms with Crippen LogP contribution in [-0.4, -0.2) is 47.6 Å². The molecule has 0 rings (SSSR count). The van der Waals surface area contributed by atoms with Gasteiger partial charge in [0.1, 0.15) is 0 Å². The van der Waals surface area contributed by atoms with Crippen molar-refractivity contribution in [2.45, 2.75) is 20.1 Å². The molecule has 1 radical (unpaired) electrons. The molecule has 0 fully saturated rings. The van der Waals surface area contributed by atoms with Crippen molar-refractivity contribution >= 4 is 29.6 Å². The molecular formula is C4H10NaO2. The number of hydrogen-bond acceptors (Lipinski definition) is 2. The molecule has 2 nitrogen and oxygen atoms in total. The van der Waals surface area contributed by atoms with Crippen molar-refractivity contribution in [3.63, 3.8) is 0 Å². The van der Waals surface area contributed by atoms with Gasteiger partial charge in [-0.15, -0.1) is 0 Å². The molecule has 3 heteroatoms. The Morgan fingerprint density at radius 1 is 1.71 bits per heavy atom. The molecule has 0 aromatic carbocycles. The molecule has 0 heterocycles. The van der Waals surface area contributed by atoms with E-state index in [-0.39, 0.29) is 29.6 Å². The second kappa shape index (κ2) is 6.92. The summed E-state index contributed by atoms with van der Waals surface area (Å²) in [6.07, 6.45) is -0.602. The number of ether oxygens (including phenoxy) is 1. The average molecular weight is 113 g/mol. The number of aliphatic hydroxyl groups is 1.